The summed E-state index contributed by atoms with van der Waals surface area (Å²) in [5, 5.41) is 6.79. The Morgan fingerprint density at radius 2 is 2.20 bits per heavy atom. The lowest BCUT2D eigenvalue weighted by Gasteiger charge is -2.17. The van der Waals surface area contributed by atoms with E-state index in [4.69, 9.17) is 0 Å². The van der Waals surface area contributed by atoms with Gasteiger partial charge in [0.15, 0.2) is 5.96 Å². The Kier molecular flexibility index (Phi) is 8.26. The second-order valence-corrected chi connectivity index (χ2v) is 6.02. The van der Waals surface area contributed by atoms with Crippen LogP contribution >= 0.6 is 11.3 Å². The number of rotatable bonds is 8. The first kappa shape index (κ1) is 17.0. The van der Waals surface area contributed by atoms with Gasteiger partial charge >= 0.3 is 0 Å². The van der Waals surface area contributed by atoms with Crippen LogP contribution in [0.15, 0.2) is 10.5 Å². The van der Waals surface area contributed by atoms with Crippen molar-refractivity contribution in [2.45, 2.75) is 53.0 Å². The summed E-state index contributed by atoms with van der Waals surface area (Å²) in [7, 11) is 1.82. The Morgan fingerprint density at radius 3 is 2.75 bits per heavy atom. The number of hydrogen-bond donors (Lipinski definition) is 2. The SMILES string of the molecule is CCCCC(CC)CNC(=NC)NCc1scnc1C. The Hall–Kier alpha value is -1.10. The molecule has 0 amide bonds. The molecule has 0 aliphatic carbocycles. The van der Waals surface area contributed by atoms with Gasteiger partial charge in [0.2, 0.25) is 0 Å². The van der Waals surface area contributed by atoms with E-state index in [9.17, 15) is 0 Å². The number of thiazole rings is 1. The number of unbranched alkanes of at least 4 members (excludes halogenated alkanes) is 1. The molecule has 1 aromatic heterocycles. The summed E-state index contributed by atoms with van der Waals surface area (Å²) in [4.78, 5) is 9.81. The van der Waals surface area contributed by atoms with Crippen LogP contribution in [0.25, 0.3) is 0 Å². The average molecular weight is 296 g/mol. The van der Waals surface area contributed by atoms with Crippen LogP contribution in [-0.4, -0.2) is 24.5 Å². The largest absolute Gasteiger partial charge is 0.356 e. The molecule has 0 aliphatic rings. The van der Waals surface area contributed by atoms with Crippen LogP contribution in [0.4, 0.5) is 0 Å². The van der Waals surface area contributed by atoms with Crippen molar-refractivity contribution in [1.29, 1.82) is 0 Å². The lowest BCUT2D eigenvalue weighted by molar-refractivity contribution is 0.443. The highest BCUT2D eigenvalue weighted by Crippen LogP contribution is 2.12. The van der Waals surface area contributed by atoms with Crippen LogP contribution in [0, 0.1) is 12.8 Å². The molecule has 1 rings (SSSR count). The summed E-state index contributed by atoms with van der Waals surface area (Å²) in [6.07, 6.45) is 5.10. The molecule has 0 saturated heterocycles. The first-order chi connectivity index (χ1) is 9.71. The van der Waals surface area contributed by atoms with Gasteiger partial charge in [-0.3, -0.25) is 4.99 Å². The zero-order chi connectivity index (χ0) is 14.8. The monoisotopic (exact) mass is 296 g/mol. The van der Waals surface area contributed by atoms with Gasteiger partial charge in [-0.25, -0.2) is 4.98 Å². The van der Waals surface area contributed by atoms with E-state index in [1.54, 1.807) is 11.3 Å². The van der Waals surface area contributed by atoms with Crippen LogP contribution in [0.3, 0.4) is 0 Å². The number of hydrogen-bond acceptors (Lipinski definition) is 3. The predicted molar refractivity (Wildman–Crippen MR) is 88.4 cm³/mol. The molecular formula is C15H28N4S. The van der Waals surface area contributed by atoms with Crippen molar-refractivity contribution in [1.82, 2.24) is 15.6 Å². The molecule has 20 heavy (non-hydrogen) atoms. The molecule has 4 nitrogen and oxygen atoms in total. The zero-order valence-electron chi connectivity index (χ0n) is 13.2. The van der Waals surface area contributed by atoms with Crippen molar-refractivity contribution in [3.8, 4) is 0 Å². The maximum absolute atomic E-state index is 4.28. The fraction of sp³-hybridized carbons (Fsp3) is 0.733. The van der Waals surface area contributed by atoms with E-state index in [1.807, 2.05) is 19.5 Å². The quantitative estimate of drug-likeness (QED) is 0.571. The summed E-state index contributed by atoms with van der Waals surface area (Å²) in [5.74, 6) is 1.62. The molecule has 1 unspecified atom stereocenters. The molecule has 0 aromatic carbocycles. The number of aryl methyl sites for hydroxylation is 1. The van der Waals surface area contributed by atoms with Crippen molar-refractivity contribution in [2.75, 3.05) is 13.6 Å². The molecule has 0 saturated carbocycles. The van der Waals surface area contributed by atoms with Gasteiger partial charge in [0.05, 0.1) is 17.7 Å². The molecule has 0 spiro atoms. The van der Waals surface area contributed by atoms with E-state index in [0.29, 0.717) is 0 Å². The molecule has 5 heteroatoms. The molecule has 0 radical (unpaired) electrons. The van der Waals surface area contributed by atoms with Gasteiger partial charge in [-0.15, -0.1) is 11.3 Å². The maximum Gasteiger partial charge on any atom is 0.191 e. The van der Waals surface area contributed by atoms with Crippen LogP contribution in [0.1, 0.15) is 50.1 Å². The molecule has 1 heterocycles. The Labute approximate surface area is 127 Å². The fourth-order valence-corrected chi connectivity index (χ4v) is 2.78. The normalized spacial score (nSPS) is 13.3. The highest BCUT2D eigenvalue weighted by atomic mass is 32.1. The second-order valence-electron chi connectivity index (χ2n) is 5.08. The van der Waals surface area contributed by atoms with E-state index >= 15 is 0 Å². The first-order valence-corrected chi connectivity index (χ1v) is 8.42. The van der Waals surface area contributed by atoms with Gasteiger partial charge in [0.25, 0.3) is 0 Å². The van der Waals surface area contributed by atoms with Crippen molar-refractivity contribution < 1.29 is 0 Å². The van der Waals surface area contributed by atoms with Crippen molar-refractivity contribution in [2.24, 2.45) is 10.9 Å². The van der Waals surface area contributed by atoms with Crippen LogP contribution < -0.4 is 10.6 Å². The Bertz CT molecular complexity index is 400. The third-order valence-corrected chi connectivity index (χ3v) is 4.52. The second kappa shape index (κ2) is 9.75. The van der Waals surface area contributed by atoms with Crippen LogP contribution in [0.2, 0.25) is 0 Å². The van der Waals surface area contributed by atoms with Crippen molar-refractivity contribution in [3.63, 3.8) is 0 Å². The third kappa shape index (κ3) is 5.90. The van der Waals surface area contributed by atoms with Crippen molar-refractivity contribution in [3.05, 3.63) is 16.1 Å². The summed E-state index contributed by atoms with van der Waals surface area (Å²) in [5.41, 5.74) is 2.99. The minimum atomic E-state index is 0.735. The van der Waals surface area contributed by atoms with Crippen LogP contribution in [0.5, 0.6) is 0 Å². The van der Waals surface area contributed by atoms with Gasteiger partial charge in [-0.2, -0.15) is 0 Å². The molecule has 1 aromatic rings. The van der Waals surface area contributed by atoms with E-state index in [1.165, 1.54) is 30.6 Å². The molecule has 2 N–H and O–H groups in total. The van der Waals surface area contributed by atoms with Gasteiger partial charge in [0.1, 0.15) is 0 Å². The van der Waals surface area contributed by atoms with Crippen LogP contribution in [-0.2, 0) is 6.54 Å². The minimum absolute atomic E-state index is 0.735. The number of guanidine groups is 1. The molecule has 0 aliphatic heterocycles. The minimum Gasteiger partial charge on any atom is -0.356 e. The number of nitrogens with one attached hydrogen (secondary N) is 2. The summed E-state index contributed by atoms with van der Waals surface area (Å²) < 4.78 is 0. The molecular weight excluding hydrogens is 268 g/mol. The van der Waals surface area contributed by atoms with Gasteiger partial charge in [-0.05, 0) is 19.3 Å². The summed E-state index contributed by atoms with van der Waals surface area (Å²) in [6, 6.07) is 0. The van der Waals surface area contributed by atoms with E-state index in [2.05, 4.69) is 34.5 Å². The van der Waals surface area contributed by atoms with Gasteiger partial charge < -0.3 is 10.6 Å². The number of nitrogens with zero attached hydrogens (tertiary/aromatic N) is 2. The van der Waals surface area contributed by atoms with Crippen molar-refractivity contribution >= 4 is 17.3 Å². The smallest absolute Gasteiger partial charge is 0.191 e. The van der Waals surface area contributed by atoms with E-state index in [0.717, 1.165) is 30.7 Å². The first-order valence-electron chi connectivity index (χ1n) is 7.54. The molecule has 0 bridgehead atoms. The van der Waals surface area contributed by atoms with E-state index < -0.39 is 0 Å². The van der Waals surface area contributed by atoms with Gasteiger partial charge in [-0.1, -0.05) is 33.1 Å². The highest BCUT2D eigenvalue weighted by Gasteiger charge is 2.07. The predicted octanol–water partition coefficient (Wildman–Crippen LogP) is 3.33. The lowest BCUT2D eigenvalue weighted by atomic mass is 9.99. The van der Waals surface area contributed by atoms with Gasteiger partial charge in [0, 0.05) is 18.5 Å². The molecule has 1 atom stereocenters. The molecule has 114 valence electrons. The third-order valence-electron chi connectivity index (χ3n) is 3.59. The number of aliphatic imine (C=N–C) groups is 1. The topological polar surface area (TPSA) is 49.3 Å². The fourth-order valence-electron chi connectivity index (χ4n) is 2.06. The Balaban J connectivity index is 2.34. The summed E-state index contributed by atoms with van der Waals surface area (Å²) >= 11 is 1.69. The average Bonchev–Trinajstić information content (AvgIpc) is 2.87. The Morgan fingerprint density at radius 1 is 1.40 bits per heavy atom. The maximum atomic E-state index is 4.28. The zero-order valence-corrected chi connectivity index (χ0v) is 14.0. The van der Waals surface area contributed by atoms with E-state index in [-0.39, 0.29) is 0 Å². The lowest BCUT2D eigenvalue weighted by Crippen LogP contribution is -2.39. The highest BCUT2D eigenvalue weighted by molar-refractivity contribution is 7.09. The standard InChI is InChI=1S/C15H28N4S/c1-5-7-8-13(6-2)9-17-15(16-4)18-10-14-12(3)19-11-20-14/h11,13H,5-10H2,1-4H3,(H2,16,17,18). The summed E-state index contributed by atoms with van der Waals surface area (Å²) in [6.45, 7) is 8.35. The number of aromatic nitrogens is 1. The molecule has 0 fully saturated rings.